The summed E-state index contributed by atoms with van der Waals surface area (Å²) < 4.78 is 3.40. The van der Waals surface area contributed by atoms with Crippen LogP contribution in [0.4, 0.5) is 0 Å². The van der Waals surface area contributed by atoms with Gasteiger partial charge in [0.1, 0.15) is 6.61 Å². The van der Waals surface area contributed by atoms with Gasteiger partial charge in [0.15, 0.2) is 0 Å². The van der Waals surface area contributed by atoms with Crippen LogP contribution in [-0.2, 0) is 16.1 Å². The van der Waals surface area contributed by atoms with Gasteiger partial charge in [-0.15, -0.1) is 0 Å². The van der Waals surface area contributed by atoms with Crippen molar-refractivity contribution < 1.29 is 9.53 Å². The Balaban J connectivity index is 2.44. The first-order chi connectivity index (χ1) is 9.78. The van der Waals surface area contributed by atoms with Crippen LogP contribution in [0.3, 0.4) is 0 Å². The largest absolute Gasteiger partial charge is 0.461 e. The molecule has 0 radical (unpaired) electrons. The number of carbonyl (C=O) groups is 1. The molecule has 1 rings (SSSR count). The van der Waals surface area contributed by atoms with Gasteiger partial charge >= 0.3 is 5.97 Å². The summed E-state index contributed by atoms with van der Waals surface area (Å²) in [4.78, 5) is 11.8. The highest BCUT2D eigenvalue weighted by atomic mass is 35.6. The van der Waals surface area contributed by atoms with E-state index >= 15 is 0 Å². The van der Waals surface area contributed by atoms with Crippen molar-refractivity contribution in [3.63, 3.8) is 0 Å². The third kappa shape index (κ3) is 8.52. The molecule has 0 saturated heterocycles. The standard InChI is InChI=1S/C15H20Cl3NO2/c1-11(2)13(8-14(20)21-10-15(16,17)18)19-9-12-6-4-3-5-7-12/h3-7,11,13,19H,8-10H2,1-2H3. The van der Waals surface area contributed by atoms with Gasteiger partial charge in [0.2, 0.25) is 3.79 Å². The fourth-order valence-corrected chi connectivity index (χ4v) is 1.95. The maximum atomic E-state index is 11.8. The summed E-state index contributed by atoms with van der Waals surface area (Å²) in [5, 5.41) is 3.36. The number of halogens is 3. The molecule has 1 aromatic carbocycles. The van der Waals surface area contributed by atoms with Crippen LogP contribution in [0.2, 0.25) is 0 Å². The number of carbonyl (C=O) groups excluding carboxylic acids is 1. The van der Waals surface area contributed by atoms with Gasteiger partial charge in [-0.25, -0.2) is 0 Å². The lowest BCUT2D eigenvalue weighted by Crippen LogP contribution is -2.36. The molecule has 6 heteroatoms. The number of benzene rings is 1. The molecule has 1 N–H and O–H groups in total. The zero-order valence-electron chi connectivity index (χ0n) is 12.1. The zero-order chi connectivity index (χ0) is 15.9. The number of esters is 1. The molecular weight excluding hydrogens is 333 g/mol. The van der Waals surface area contributed by atoms with Gasteiger partial charge in [0, 0.05) is 12.6 Å². The Labute approximate surface area is 140 Å². The molecule has 0 aliphatic rings. The van der Waals surface area contributed by atoms with Crippen molar-refractivity contribution in [1.82, 2.24) is 5.32 Å². The SMILES string of the molecule is CC(C)C(CC(=O)OCC(Cl)(Cl)Cl)NCc1ccccc1. The number of nitrogens with one attached hydrogen (secondary N) is 1. The van der Waals surface area contributed by atoms with E-state index in [4.69, 9.17) is 39.5 Å². The average molecular weight is 353 g/mol. The Morgan fingerprint density at radius 2 is 1.86 bits per heavy atom. The van der Waals surface area contributed by atoms with E-state index in [9.17, 15) is 4.79 Å². The second-order valence-electron chi connectivity index (χ2n) is 5.20. The highest BCUT2D eigenvalue weighted by Gasteiger charge is 2.24. The Bertz CT molecular complexity index is 432. The second kappa shape index (κ2) is 8.84. The van der Waals surface area contributed by atoms with E-state index in [1.165, 1.54) is 0 Å². The Kier molecular flexibility index (Phi) is 7.82. The normalized spacial score (nSPS) is 13.2. The van der Waals surface area contributed by atoms with Crippen LogP contribution in [0.15, 0.2) is 30.3 Å². The molecule has 0 amide bonds. The van der Waals surface area contributed by atoms with Gasteiger partial charge in [-0.3, -0.25) is 4.79 Å². The minimum absolute atomic E-state index is 0.00748. The van der Waals surface area contributed by atoms with Gasteiger partial charge in [0.25, 0.3) is 0 Å². The number of hydrogen-bond donors (Lipinski definition) is 1. The van der Waals surface area contributed by atoms with E-state index in [1.807, 2.05) is 44.2 Å². The van der Waals surface area contributed by atoms with Crippen LogP contribution in [0.5, 0.6) is 0 Å². The summed E-state index contributed by atoms with van der Waals surface area (Å²) in [6.07, 6.45) is 0.241. The van der Waals surface area contributed by atoms with Crippen molar-refractivity contribution in [1.29, 1.82) is 0 Å². The van der Waals surface area contributed by atoms with Gasteiger partial charge in [0.05, 0.1) is 6.42 Å². The molecule has 21 heavy (non-hydrogen) atoms. The van der Waals surface area contributed by atoms with E-state index in [0.29, 0.717) is 6.54 Å². The number of ether oxygens (including phenoxy) is 1. The fraction of sp³-hybridized carbons (Fsp3) is 0.533. The fourth-order valence-electron chi connectivity index (χ4n) is 1.79. The molecule has 118 valence electrons. The average Bonchev–Trinajstić information content (AvgIpc) is 2.41. The van der Waals surface area contributed by atoms with Gasteiger partial charge in [-0.05, 0) is 11.5 Å². The lowest BCUT2D eigenvalue weighted by molar-refractivity contribution is -0.144. The monoisotopic (exact) mass is 351 g/mol. The van der Waals surface area contributed by atoms with Gasteiger partial charge < -0.3 is 10.1 Å². The summed E-state index contributed by atoms with van der Waals surface area (Å²) in [6.45, 7) is 4.55. The zero-order valence-corrected chi connectivity index (χ0v) is 14.4. The third-order valence-corrected chi connectivity index (χ3v) is 3.33. The number of alkyl halides is 3. The molecule has 0 aromatic heterocycles. The lowest BCUT2D eigenvalue weighted by atomic mass is 10.0. The summed E-state index contributed by atoms with van der Waals surface area (Å²) >= 11 is 16.7. The second-order valence-corrected chi connectivity index (χ2v) is 7.71. The van der Waals surface area contributed by atoms with Crippen molar-refractivity contribution in [2.75, 3.05) is 6.61 Å². The van der Waals surface area contributed by atoms with Crippen molar-refractivity contribution >= 4 is 40.8 Å². The van der Waals surface area contributed by atoms with Crippen LogP contribution in [-0.4, -0.2) is 22.4 Å². The van der Waals surface area contributed by atoms with Crippen LogP contribution < -0.4 is 5.32 Å². The molecule has 0 bridgehead atoms. The smallest absolute Gasteiger partial charge is 0.307 e. The molecule has 1 atom stereocenters. The summed E-state index contributed by atoms with van der Waals surface area (Å²) in [7, 11) is 0. The van der Waals surface area contributed by atoms with Gasteiger partial charge in [-0.2, -0.15) is 0 Å². The first-order valence-corrected chi connectivity index (χ1v) is 7.91. The molecule has 0 saturated carbocycles. The van der Waals surface area contributed by atoms with Crippen LogP contribution in [0, 0.1) is 5.92 Å². The van der Waals surface area contributed by atoms with Crippen LogP contribution >= 0.6 is 34.8 Å². The van der Waals surface area contributed by atoms with Crippen molar-refractivity contribution in [3.8, 4) is 0 Å². The molecule has 0 heterocycles. The molecule has 1 aromatic rings. The number of hydrogen-bond acceptors (Lipinski definition) is 3. The van der Waals surface area contributed by atoms with Crippen molar-refractivity contribution in [2.24, 2.45) is 5.92 Å². The highest BCUT2D eigenvalue weighted by Crippen LogP contribution is 2.26. The first kappa shape index (κ1) is 18.6. The molecule has 1 unspecified atom stereocenters. The lowest BCUT2D eigenvalue weighted by Gasteiger charge is -2.22. The minimum atomic E-state index is -1.57. The van der Waals surface area contributed by atoms with E-state index in [2.05, 4.69) is 5.32 Å². The summed E-state index contributed by atoms with van der Waals surface area (Å²) in [6, 6.07) is 10.0. The minimum Gasteiger partial charge on any atom is -0.461 e. The maximum absolute atomic E-state index is 11.8. The van der Waals surface area contributed by atoms with Crippen LogP contribution in [0.1, 0.15) is 25.8 Å². The van der Waals surface area contributed by atoms with Crippen LogP contribution in [0.25, 0.3) is 0 Å². The van der Waals surface area contributed by atoms with Gasteiger partial charge in [-0.1, -0.05) is 79.0 Å². The van der Waals surface area contributed by atoms with E-state index in [0.717, 1.165) is 5.56 Å². The predicted octanol–water partition coefficient (Wildman–Crippen LogP) is 4.10. The molecule has 0 fully saturated rings. The predicted molar refractivity (Wildman–Crippen MR) is 87.8 cm³/mol. The van der Waals surface area contributed by atoms with Crippen molar-refractivity contribution in [2.45, 2.75) is 36.6 Å². The third-order valence-electron chi connectivity index (χ3n) is 3.00. The van der Waals surface area contributed by atoms with E-state index in [-0.39, 0.29) is 31.0 Å². The summed E-state index contributed by atoms with van der Waals surface area (Å²) in [5.41, 5.74) is 1.16. The topological polar surface area (TPSA) is 38.3 Å². The quantitative estimate of drug-likeness (QED) is 0.593. The molecule has 0 aliphatic heterocycles. The van der Waals surface area contributed by atoms with E-state index in [1.54, 1.807) is 0 Å². The van der Waals surface area contributed by atoms with E-state index < -0.39 is 3.79 Å². The highest BCUT2D eigenvalue weighted by molar-refractivity contribution is 6.67. The molecule has 3 nitrogen and oxygen atoms in total. The number of rotatable bonds is 7. The first-order valence-electron chi connectivity index (χ1n) is 6.77. The molecule has 0 aliphatic carbocycles. The Morgan fingerprint density at radius 1 is 1.24 bits per heavy atom. The Morgan fingerprint density at radius 3 is 2.38 bits per heavy atom. The summed E-state index contributed by atoms with van der Waals surface area (Å²) in [5.74, 6) is -0.0883. The molecule has 0 spiro atoms. The van der Waals surface area contributed by atoms with Crippen molar-refractivity contribution in [3.05, 3.63) is 35.9 Å². The molecular formula is C15H20Cl3NO2. The maximum Gasteiger partial charge on any atom is 0.307 e. The Hall–Kier alpha value is -0.480.